The fourth-order valence-electron chi connectivity index (χ4n) is 2.35. The van der Waals surface area contributed by atoms with Gasteiger partial charge in [0.2, 0.25) is 0 Å². The predicted molar refractivity (Wildman–Crippen MR) is 94.3 cm³/mol. The summed E-state index contributed by atoms with van der Waals surface area (Å²) in [5.41, 5.74) is -1.73. The summed E-state index contributed by atoms with van der Waals surface area (Å²) in [6, 6.07) is 2.76. The molecule has 0 unspecified atom stereocenters. The number of carbonyl (C=O) groups is 2. The first kappa shape index (κ1) is 21.6. The highest BCUT2D eigenvalue weighted by atomic mass is 19.4. The number of hydrogen-bond acceptors (Lipinski definition) is 5. The summed E-state index contributed by atoms with van der Waals surface area (Å²) >= 11 is 0. The molecule has 0 saturated carbocycles. The third kappa shape index (κ3) is 5.93. The van der Waals surface area contributed by atoms with Crippen molar-refractivity contribution in [3.8, 4) is 5.75 Å². The van der Waals surface area contributed by atoms with Gasteiger partial charge >= 0.3 is 18.4 Å². The number of amides is 2. The predicted octanol–water partition coefficient (Wildman–Crippen LogP) is 4.27. The molecule has 0 aliphatic carbocycles. The van der Waals surface area contributed by atoms with Gasteiger partial charge in [-0.05, 0) is 45.9 Å². The van der Waals surface area contributed by atoms with E-state index in [-0.39, 0.29) is 31.1 Å². The van der Waals surface area contributed by atoms with Gasteiger partial charge in [-0.1, -0.05) is 0 Å². The fourth-order valence-corrected chi connectivity index (χ4v) is 2.35. The zero-order valence-corrected chi connectivity index (χ0v) is 16.1. The van der Waals surface area contributed by atoms with Crippen molar-refractivity contribution in [2.24, 2.45) is 0 Å². The minimum Gasteiger partial charge on any atom is -0.485 e. The van der Waals surface area contributed by atoms with Gasteiger partial charge in [0.25, 0.3) is 0 Å². The number of carbonyl (C=O) groups excluding carboxylic acids is 2. The van der Waals surface area contributed by atoms with Crippen LogP contribution in [-0.4, -0.2) is 48.5 Å². The Kier molecular flexibility index (Phi) is 6.30. The first-order valence-electron chi connectivity index (χ1n) is 8.68. The number of halogens is 3. The quantitative estimate of drug-likeness (QED) is 0.811. The van der Waals surface area contributed by atoms with Crippen LogP contribution in [0.1, 0.15) is 33.3 Å². The molecule has 1 aromatic carbocycles. The Morgan fingerprint density at radius 2 is 1.86 bits per heavy atom. The molecule has 0 radical (unpaired) electrons. The molecule has 0 aromatic heterocycles. The van der Waals surface area contributed by atoms with E-state index in [9.17, 15) is 22.8 Å². The normalized spacial score (nSPS) is 14.9. The second kappa shape index (κ2) is 8.15. The molecule has 0 spiro atoms. The lowest BCUT2D eigenvalue weighted by Gasteiger charge is -2.39. The van der Waals surface area contributed by atoms with Crippen molar-refractivity contribution in [3.63, 3.8) is 0 Å². The number of rotatable bonds is 4. The van der Waals surface area contributed by atoms with Crippen molar-refractivity contribution in [3.05, 3.63) is 23.8 Å². The van der Waals surface area contributed by atoms with Gasteiger partial charge in [-0.25, -0.2) is 9.59 Å². The van der Waals surface area contributed by atoms with Gasteiger partial charge < -0.3 is 19.1 Å². The Bertz CT molecular complexity index is 725. The van der Waals surface area contributed by atoms with E-state index in [0.29, 0.717) is 0 Å². The van der Waals surface area contributed by atoms with Crippen molar-refractivity contribution in [1.29, 1.82) is 0 Å². The summed E-state index contributed by atoms with van der Waals surface area (Å²) in [6.07, 6.45) is -6.40. The molecule has 0 atom stereocenters. The van der Waals surface area contributed by atoms with Gasteiger partial charge in [-0.2, -0.15) is 13.2 Å². The van der Waals surface area contributed by atoms with Crippen molar-refractivity contribution in [1.82, 2.24) is 4.90 Å². The molecular formula is C18H23F3N2O5. The van der Waals surface area contributed by atoms with Crippen molar-refractivity contribution < 1.29 is 37.0 Å². The monoisotopic (exact) mass is 404 g/mol. The molecule has 1 fully saturated rings. The standard InChI is InChI=1S/C18H23F3N2O5/c1-5-26-15(24)22-13-8-11(18(19,20)21)6-7-14(13)27-12-9-23(10-12)16(25)28-17(2,3)4/h6-8,12H,5,9-10H2,1-4H3,(H,22,24). The zero-order valence-electron chi connectivity index (χ0n) is 16.1. The number of ether oxygens (including phenoxy) is 3. The largest absolute Gasteiger partial charge is 0.485 e. The highest BCUT2D eigenvalue weighted by Gasteiger charge is 2.36. The number of alkyl halides is 3. The maximum Gasteiger partial charge on any atom is 0.416 e. The van der Waals surface area contributed by atoms with E-state index in [0.717, 1.165) is 18.2 Å². The van der Waals surface area contributed by atoms with E-state index in [4.69, 9.17) is 14.2 Å². The van der Waals surface area contributed by atoms with Crippen LogP contribution in [0.4, 0.5) is 28.4 Å². The van der Waals surface area contributed by atoms with Crippen LogP contribution < -0.4 is 10.1 Å². The Labute approximate surface area is 160 Å². The van der Waals surface area contributed by atoms with Crippen LogP contribution in [0.3, 0.4) is 0 Å². The molecule has 1 aromatic rings. The molecular weight excluding hydrogens is 381 g/mol. The zero-order chi connectivity index (χ0) is 21.1. The van der Waals surface area contributed by atoms with Crippen LogP contribution in [-0.2, 0) is 15.7 Å². The van der Waals surface area contributed by atoms with Crippen molar-refractivity contribution in [2.75, 3.05) is 25.0 Å². The molecule has 7 nitrogen and oxygen atoms in total. The molecule has 1 heterocycles. The van der Waals surface area contributed by atoms with Gasteiger partial charge in [-0.15, -0.1) is 0 Å². The van der Waals surface area contributed by atoms with Gasteiger partial charge in [0.05, 0.1) is 30.9 Å². The summed E-state index contributed by atoms with van der Waals surface area (Å²) < 4.78 is 54.5. The second-order valence-corrected chi connectivity index (χ2v) is 7.18. The number of nitrogens with one attached hydrogen (secondary N) is 1. The smallest absolute Gasteiger partial charge is 0.416 e. The highest BCUT2D eigenvalue weighted by molar-refractivity contribution is 5.87. The topological polar surface area (TPSA) is 77.1 Å². The van der Waals surface area contributed by atoms with E-state index < -0.39 is 35.6 Å². The van der Waals surface area contributed by atoms with E-state index in [1.54, 1.807) is 27.7 Å². The lowest BCUT2D eigenvalue weighted by Crippen LogP contribution is -2.57. The first-order chi connectivity index (χ1) is 12.9. The van der Waals surface area contributed by atoms with E-state index in [1.165, 1.54) is 4.90 Å². The second-order valence-electron chi connectivity index (χ2n) is 7.18. The van der Waals surface area contributed by atoms with Crippen LogP contribution in [0.15, 0.2) is 18.2 Å². The summed E-state index contributed by atoms with van der Waals surface area (Å²) in [7, 11) is 0. The van der Waals surface area contributed by atoms with Gasteiger partial charge in [0, 0.05) is 0 Å². The lowest BCUT2D eigenvalue weighted by molar-refractivity contribution is -0.137. The highest BCUT2D eigenvalue weighted by Crippen LogP contribution is 2.36. The number of nitrogens with zero attached hydrogens (tertiary/aromatic N) is 1. The van der Waals surface area contributed by atoms with Crippen LogP contribution in [0.2, 0.25) is 0 Å². The maximum absolute atomic E-state index is 13.0. The Balaban J connectivity index is 2.06. The first-order valence-corrected chi connectivity index (χ1v) is 8.68. The average Bonchev–Trinajstić information content (AvgIpc) is 2.48. The Morgan fingerprint density at radius 1 is 1.21 bits per heavy atom. The summed E-state index contributed by atoms with van der Waals surface area (Å²) in [5, 5.41) is 2.25. The summed E-state index contributed by atoms with van der Waals surface area (Å²) in [6.45, 7) is 7.30. The van der Waals surface area contributed by atoms with Crippen LogP contribution in [0, 0.1) is 0 Å². The third-order valence-electron chi connectivity index (χ3n) is 3.61. The number of hydrogen-bond donors (Lipinski definition) is 1. The van der Waals surface area contributed by atoms with Crippen molar-refractivity contribution in [2.45, 2.75) is 45.6 Å². The molecule has 1 N–H and O–H groups in total. The van der Waals surface area contributed by atoms with Gasteiger partial charge in [0.1, 0.15) is 17.5 Å². The summed E-state index contributed by atoms with van der Waals surface area (Å²) in [5.74, 6) is 0.0508. The fraction of sp³-hybridized carbons (Fsp3) is 0.556. The minimum atomic E-state index is -4.58. The van der Waals surface area contributed by atoms with Gasteiger partial charge in [0.15, 0.2) is 0 Å². The molecule has 0 bridgehead atoms. The van der Waals surface area contributed by atoms with Crippen LogP contribution >= 0.6 is 0 Å². The maximum atomic E-state index is 13.0. The van der Waals surface area contributed by atoms with Gasteiger partial charge in [-0.3, -0.25) is 5.32 Å². The molecule has 1 saturated heterocycles. The third-order valence-corrected chi connectivity index (χ3v) is 3.61. The molecule has 10 heteroatoms. The van der Waals surface area contributed by atoms with E-state index in [1.807, 2.05) is 0 Å². The SMILES string of the molecule is CCOC(=O)Nc1cc(C(F)(F)F)ccc1OC1CN(C(=O)OC(C)(C)C)C1. The molecule has 1 aliphatic heterocycles. The minimum absolute atomic E-state index is 0.0508. The Hall–Kier alpha value is -2.65. The number of benzene rings is 1. The van der Waals surface area contributed by atoms with Crippen LogP contribution in [0.5, 0.6) is 5.75 Å². The molecule has 156 valence electrons. The molecule has 28 heavy (non-hydrogen) atoms. The van der Waals surface area contributed by atoms with E-state index >= 15 is 0 Å². The number of likely N-dealkylation sites (tertiary alicyclic amines) is 1. The van der Waals surface area contributed by atoms with Crippen LogP contribution in [0.25, 0.3) is 0 Å². The molecule has 2 amide bonds. The van der Waals surface area contributed by atoms with E-state index in [2.05, 4.69) is 5.32 Å². The molecule has 2 rings (SSSR count). The summed E-state index contributed by atoms with van der Waals surface area (Å²) in [4.78, 5) is 25.0. The Morgan fingerprint density at radius 3 is 2.39 bits per heavy atom. The number of anilines is 1. The molecule has 1 aliphatic rings. The average molecular weight is 404 g/mol. The lowest BCUT2D eigenvalue weighted by atomic mass is 10.1. The van der Waals surface area contributed by atoms with Crippen molar-refractivity contribution >= 4 is 17.9 Å².